The van der Waals surface area contributed by atoms with E-state index in [4.69, 9.17) is 5.73 Å². The van der Waals surface area contributed by atoms with E-state index in [1.807, 2.05) is 19.9 Å². The highest BCUT2D eigenvalue weighted by Crippen LogP contribution is 2.26. The quantitative estimate of drug-likeness (QED) is 0.884. The largest absolute Gasteiger partial charge is 0.397 e. The Morgan fingerprint density at radius 3 is 2.61 bits per heavy atom. The molecule has 0 spiro atoms. The van der Waals surface area contributed by atoms with Crippen LogP contribution in [0.25, 0.3) is 0 Å². The van der Waals surface area contributed by atoms with Gasteiger partial charge in [-0.15, -0.1) is 0 Å². The van der Waals surface area contributed by atoms with E-state index >= 15 is 0 Å². The van der Waals surface area contributed by atoms with E-state index in [0.29, 0.717) is 21.7 Å². The molecular weight excluding hydrogens is 297 g/mol. The Bertz CT molecular complexity index is 599. The van der Waals surface area contributed by atoms with Crippen molar-refractivity contribution in [3.63, 3.8) is 0 Å². The van der Waals surface area contributed by atoms with Crippen LogP contribution < -0.4 is 11.1 Å². The second-order valence-corrected chi connectivity index (χ2v) is 4.99. The lowest BCUT2D eigenvalue weighted by Crippen LogP contribution is -1.99. The fourth-order valence-electron chi connectivity index (χ4n) is 1.55. The molecule has 1 aromatic carbocycles. The van der Waals surface area contributed by atoms with Gasteiger partial charge in [0.2, 0.25) is 0 Å². The van der Waals surface area contributed by atoms with Gasteiger partial charge in [-0.25, -0.2) is 9.37 Å². The molecule has 1 aromatic heterocycles. The van der Waals surface area contributed by atoms with Gasteiger partial charge in [0, 0.05) is 5.69 Å². The van der Waals surface area contributed by atoms with Crippen molar-refractivity contribution in [1.29, 1.82) is 0 Å². The van der Waals surface area contributed by atoms with Crippen LogP contribution >= 0.6 is 15.9 Å². The average molecular weight is 310 g/mol. The highest BCUT2D eigenvalue weighted by Gasteiger charge is 2.06. The SMILES string of the molecule is Cc1cc(Nc2cc(F)c(Br)cc2C)ncc1N. The van der Waals surface area contributed by atoms with E-state index < -0.39 is 0 Å². The number of hydrogen-bond acceptors (Lipinski definition) is 3. The fraction of sp³-hybridized carbons (Fsp3) is 0.154. The summed E-state index contributed by atoms with van der Waals surface area (Å²) in [5.74, 6) is 0.335. The summed E-state index contributed by atoms with van der Waals surface area (Å²) in [6.45, 7) is 3.80. The number of benzene rings is 1. The monoisotopic (exact) mass is 309 g/mol. The molecule has 1 heterocycles. The summed E-state index contributed by atoms with van der Waals surface area (Å²) in [4.78, 5) is 4.16. The van der Waals surface area contributed by atoms with Crippen molar-refractivity contribution in [2.75, 3.05) is 11.1 Å². The van der Waals surface area contributed by atoms with Gasteiger partial charge in [-0.3, -0.25) is 0 Å². The van der Waals surface area contributed by atoms with Gasteiger partial charge in [0.1, 0.15) is 11.6 Å². The first-order chi connectivity index (χ1) is 8.47. The van der Waals surface area contributed by atoms with Crippen molar-refractivity contribution in [3.05, 3.63) is 45.8 Å². The molecule has 2 aromatic rings. The maximum Gasteiger partial charge on any atom is 0.139 e. The van der Waals surface area contributed by atoms with Gasteiger partial charge < -0.3 is 11.1 Å². The molecule has 2 rings (SSSR count). The van der Waals surface area contributed by atoms with Crippen molar-refractivity contribution in [1.82, 2.24) is 4.98 Å². The van der Waals surface area contributed by atoms with Crippen LogP contribution in [0.2, 0.25) is 0 Å². The summed E-state index contributed by atoms with van der Waals surface area (Å²) in [7, 11) is 0. The van der Waals surface area contributed by atoms with Crippen LogP contribution in [0.15, 0.2) is 28.9 Å². The van der Waals surface area contributed by atoms with E-state index in [0.717, 1.165) is 11.1 Å². The predicted octanol–water partition coefficient (Wildman–Crippen LogP) is 3.93. The van der Waals surface area contributed by atoms with Crippen LogP contribution in [-0.2, 0) is 0 Å². The third kappa shape index (κ3) is 2.61. The standard InChI is InChI=1S/C13H13BrFN3/c1-7-4-13(17-6-11(7)16)18-12-5-10(15)9(14)3-8(12)2/h3-6H,16H2,1-2H3,(H,17,18). The maximum atomic E-state index is 13.5. The van der Waals surface area contributed by atoms with E-state index in [2.05, 4.69) is 26.2 Å². The normalized spacial score (nSPS) is 10.4. The molecule has 0 saturated heterocycles. The summed E-state index contributed by atoms with van der Waals surface area (Å²) in [6.07, 6.45) is 1.59. The van der Waals surface area contributed by atoms with E-state index in [-0.39, 0.29) is 5.82 Å². The second-order valence-electron chi connectivity index (χ2n) is 4.13. The molecule has 5 heteroatoms. The van der Waals surface area contributed by atoms with Gasteiger partial charge in [0.15, 0.2) is 0 Å². The summed E-state index contributed by atoms with van der Waals surface area (Å²) in [5, 5.41) is 3.08. The molecule has 0 aliphatic rings. The van der Waals surface area contributed by atoms with Crippen molar-refractivity contribution in [3.8, 4) is 0 Å². The zero-order valence-corrected chi connectivity index (χ0v) is 11.7. The zero-order chi connectivity index (χ0) is 13.3. The number of nitrogens with two attached hydrogens (primary N) is 1. The van der Waals surface area contributed by atoms with Crippen molar-refractivity contribution < 1.29 is 4.39 Å². The minimum atomic E-state index is -0.310. The number of hydrogen-bond donors (Lipinski definition) is 2. The van der Waals surface area contributed by atoms with Gasteiger partial charge in [0.05, 0.1) is 16.4 Å². The molecule has 0 saturated carbocycles. The number of aromatic nitrogens is 1. The molecule has 0 bridgehead atoms. The van der Waals surface area contributed by atoms with Crippen molar-refractivity contribution >= 4 is 33.1 Å². The number of nitrogens with one attached hydrogen (secondary N) is 1. The number of nitrogen functional groups attached to an aromatic ring is 1. The van der Waals surface area contributed by atoms with Gasteiger partial charge in [-0.1, -0.05) is 0 Å². The van der Waals surface area contributed by atoms with Crippen LogP contribution in [-0.4, -0.2) is 4.98 Å². The van der Waals surface area contributed by atoms with Gasteiger partial charge in [-0.05, 0) is 59.1 Å². The summed E-state index contributed by atoms with van der Waals surface area (Å²) in [6, 6.07) is 4.99. The Labute approximate surface area is 113 Å². The molecular formula is C13H13BrFN3. The lowest BCUT2D eigenvalue weighted by molar-refractivity contribution is 0.621. The van der Waals surface area contributed by atoms with Crippen LogP contribution in [0.3, 0.4) is 0 Å². The predicted molar refractivity (Wildman–Crippen MR) is 75.5 cm³/mol. The third-order valence-electron chi connectivity index (χ3n) is 2.68. The highest BCUT2D eigenvalue weighted by atomic mass is 79.9. The Morgan fingerprint density at radius 2 is 1.94 bits per heavy atom. The smallest absolute Gasteiger partial charge is 0.139 e. The Balaban J connectivity index is 2.34. The van der Waals surface area contributed by atoms with Crippen LogP contribution in [0.1, 0.15) is 11.1 Å². The zero-order valence-electron chi connectivity index (χ0n) is 10.1. The lowest BCUT2D eigenvalue weighted by atomic mass is 10.2. The molecule has 94 valence electrons. The van der Waals surface area contributed by atoms with Gasteiger partial charge in [-0.2, -0.15) is 0 Å². The van der Waals surface area contributed by atoms with Crippen molar-refractivity contribution in [2.45, 2.75) is 13.8 Å². The maximum absolute atomic E-state index is 13.5. The minimum absolute atomic E-state index is 0.310. The van der Waals surface area contributed by atoms with Crippen molar-refractivity contribution in [2.24, 2.45) is 0 Å². The molecule has 3 N–H and O–H groups in total. The molecule has 0 fully saturated rings. The number of anilines is 3. The van der Waals surface area contributed by atoms with E-state index in [1.165, 1.54) is 6.07 Å². The highest BCUT2D eigenvalue weighted by molar-refractivity contribution is 9.10. The van der Waals surface area contributed by atoms with Crippen LogP contribution in [0, 0.1) is 19.7 Å². The molecule has 0 atom stereocenters. The average Bonchev–Trinajstić information content (AvgIpc) is 2.31. The topological polar surface area (TPSA) is 50.9 Å². The van der Waals surface area contributed by atoms with Gasteiger partial charge >= 0.3 is 0 Å². The number of halogens is 2. The van der Waals surface area contributed by atoms with Crippen LogP contribution in [0.5, 0.6) is 0 Å². The minimum Gasteiger partial charge on any atom is -0.397 e. The second kappa shape index (κ2) is 4.94. The first-order valence-electron chi connectivity index (χ1n) is 5.42. The molecule has 0 amide bonds. The molecule has 3 nitrogen and oxygen atoms in total. The third-order valence-corrected chi connectivity index (χ3v) is 3.29. The Kier molecular flexibility index (Phi) is 3.52. The molecule has 0 unspecified atom stereocenters. The summed E-state index contributed by atoms with van der Waals surface area (Å²) in [5.41, 5.74) is 8.89. The molecule has 18 heavy (non-hydrogen) atoms. The van der Waals surface area contributed by atoms with Gasteiger partial charge in [0.25, 0.3) is 0 Å². The Hall–Kier alpha value is -1.62. The first-order valence-corrected chi connectivity index (χ1v) is 6.21. The number of pyridine rings is 1. The number of rotatable bonds is 2. The fourth-order valence-corrected chi connectivity index (χ4v) is 2.01. The Morgan fingerprint density at radius 1 is 1.22 bits per heavy atom. The van der Waals surface area contributed by atoms with Crippen LogP contribution in [0.4, 0.5) is 21.6 Å². The first kappa shape index (κ1) is 12.8. The summed E-state index contributed by atoms with van der Waals surface area (Å²) >= 11 is 3.15. The number of nitrogens with zero attached hydrogens (tertiary/aromatic N) is 1. The van der Waals surface area contributed by atoms with E-state index in [9.17, 15) is 4.39 Å². The molecule has 0 radical (unpaired) electrons. The van der Waals surface area contributed by atoms with E-state index in [1.54, 1.807) is 12.3 Å². The lowest BCUT2D eigenvalue weighted by Gasteiger charge is -2.11. The molecule has 0 aliphatic heterocycles. The molecule has 0 aliphatic carbocycles. The summed E-state index contributed by atoms with van der Waals surface area (Å²) < 4.78 is 13.9. The number of aryl methyl sites for hydroxylation is 2.